The van der Waals surface area contributed by atoms with Crippen molar-refractivity contribution in [2.45, 2.75) is 12.8 Å². The zero-order chi connectivity index (χ0) is 14.6. The first-order valence-corrected chi connectivity index (χ1v) is 6.30. The molecule has 1 rings (SSSR count). The van der Waals surface area contributed by atoms with E-state index in [-0.39, 0.29) is 24.8 Å². The van der Waals surface area contributed by atoms with Crippen molar-refractivity contribution in [1.29, 1.82) is 5.26 Å². The van der Waals surface area contributed by atoms with Crippen LogP contribution < -0.4 is 15.4 Å². The number of carbonyl (C=O) groups excluding carboxylic acids is 2. The summed E-state index contributed by atoms with van der Waals surface area (Å²) in [6.07, 6.45) is 0.464. The standard InChI is InChI=1S/C14H17N3O3/c15-8-7-13(18)16-9-4-10-17-14(19)11-20-12-5-2-1-3-6-12/h1-3,5-6H,4,7,9-11H2,(H,16,18)(H,17,19). The van der Waals surface area contributed by atoms with E-state index in [0.29, 0.717) is 25.3 Å². The van der Waals surface area contributed by atoms with Gasteiger partial charge in [-0.1, -0.05) is 18.2 Å². The lowest BCUT2D eigenvalue weighted by molar-refractivity contribution is -0.123. The molecule has 0 radical (unpaired) electrons. The van der Waals surface area contributed by atoms with Crippen LogP contribution in [0, 0.1) is 11.3 Å². The van der Waals surface area contributed by atoms with Crippen molar-refractivity contribution in [3.63, 3.8) is 0 Å². The Morgan fingerprint density at radius 3 is 2.40 bits per heavy atom. The van der Waals surface area contributed by atoms with E-state index in [9.17, 15) is 9.59 Å². The molecule has 0 unspecified atom stereocenters. The third kappa shape index (κ3) is 7.01. The Labute approximate surface area is 117 Å². The summed E-state index contributed by atoms with van der Waals surface area (Å²) in [6, 6.07) is 10.8. The lowest BCUT2D eigenvalue weighted by atomic mass is 10.3. The lowest BCUT2D eigenvalue weighted by Gasteiger charge is -2.07. The summed E-state index contributed by atoms with van der Waals surface area (Å²) in [5, 5.41) is 13.5. The SMILES string of the molecule is N#CCC(=O)NCCCNC(=O)COc1ccccc1. The Hall–Kier alpha value is -2.55. The molecule has 6 nitrogen and oxygen atoms in total. The van der Waals surface area contributed by atoms with Crippen LogP contribution in [0.5, 0.6) is 5.75 Å². The van der Waals surface area contributed by atoms with Crippen LogP contribution in [0.15, 0.2) is 30.3 Å². The van der Waals surface area contributed by atoms with Crippen LogP contribution in [0.25, 0.3) is 0 Å². The van der Waals surface area contributed by atoms with E-state index < -0.39 is 0 Å². The van der Waals surface area contributed by atoms with Crippen LogP contribution >= 0.6 is 0 Å². The second-order valence-corrected chi connectivity index (χ2v) is 3.99. The molecule has 0 saturated heterocycles. The molecule has 0 heterocycles. The fourth-order valence-corrected chi connectivity index (χ4v) is 1.39. The zero-order valence-electron chi connectivity index (χ0n) is 11.1. The Balaban J connectivity index is 2.03. The summed E-state index contributed by atoms with van der Waals surface area (Å²) in [5.74, 6) is 0.134. The van der Waals surface area contributed by atoms with Crippen LogP contribution in [-0.2, 0) is 9.59 Å². The number of nitrogens with zero attached hydrogens (tertiary/aromatic N) is 1. The van der Waals surface area contributed by atoms with Gasteiger partial charge in [-0.3, -0.25) is 9.59 Å². The first-order valence-electron chi connectivity index (χ1n) is 6.30. The van der Waals surface area contributed by atoms with Gasteiger partial charge >= 0.3 is 0 Å². The van der Waals surface area contributed by atoms with Crippen LogP contribution in [0.4, 0.5) is 0 Å². The van der Waals surface area contributed by atoms with Crippen molar-refractivity contribution in [3.8, 4) is 11.8 Å². The van der Waals surface area contributed by atoms with Crippen molar-refractivity contribution in [1.82, 2.24) is 10.6 Å². The first kappa shape index (κ1) is 15.5. The second kappa shape index (κ2) is 9.39. The molecule has 0 aromatic heterocycles. The van der Waals surface area contributed by atoms with E-state index in [2.05, 4.69) is 10.6 Å². The minimum Gasteiger partial charge on any atom is -0.484 e. The fraction of sp³-hybridized carbons (Fsp3) is 0.357. The molecule has 20 heavy (non-hydrogen) atoms. The normalized spacial score (nSPS) is 9.35. The van der Waals surface area contributed by atoms with Crippen LogP contribution in [0.3, 0.4) is 0 Å². The first-order chi connectivity index (χ1) is 9.72. The summed E-state index contributed by atoms with van der Waals surface area (Å²) in [4.78, 5) is 22.4. The highest BCUT2D eigenvalue weighted by atomic mass is 16.5. The van der Waals surface area contributed by atoms with Gasteiger partial charge in [-0.05, 0) is 18.6 Å². The van der Waals surface area contributed by atoms with E-state index in [1.807, 2.05) is 18.2 Å². The molecule has 0 bridgehead atoms. The van der Waals surface area contributed by atoms with Gasteiger partial charge in [-0.15, -0.1) is 0 Å². The Kier molecular flexibility index (Phi) is 7.28. The molecule has 1 aromatic rings. The van der Waals surface area contributed by atoms with Gasteiger partial charge in [0.25, 0.3) is 5.91 Å². The molecule has 0 fully saturated rings. The number of hydrogen-bond acceptors (Lipinski definition) is 4. The topological polar surface area (TPSA) is 91.2 Å². The van der Waals surface area contributed by atoms with E-state index >= 15 is 0 Å². The van der Waals surface area contributed by atoms with E-state index in [0.717, 1.165) is 0 Å². The number of rotatable bonds is 8. The Morgan fingerprint density at radius 1 is 1.10 bits per heavy atom. The number of hydrogen-bond donors (Lipinski definition) is 2. The monoisotopic (exact) mass is 275 g/mol. The zero-order valence-corrected chi connectivity index (χ0v) is 11.1. The number of ether oxygens (including phenoxy) is 1. The molecule has 106 valence electrons. The van der Waals surface area contributed by atoms with E-state index in [4.69, 9.17) is 10.00 Å². The van der Waals surface area contributed by atoms with Crippen LogP contribution in [0.2, 0.25) is 0 Å². The second-order valence-electron chi connectivity index (χ2n) is 3.99. The van der Waals surface area contributed by atoms with E-state index in [1.54, 1.807) is 18.2 Å². The quantitative estimate of drug-likeness (QED) is 0.680. The van der Waals surface area contributed by atoms with Gasteiger partial charge in [-0.25, -0.2) is 0 Å². The van der Waals surface area contributed by atoms with Crippen LogP contribution in [0.1, 0.15) is 12.8 Å². The van der Waals surface area contributed by atoms with E-state index in [1.165, 1.54) is 0 Å². The predicted octanol–water partition coefficient (Wildman–Crippen LogP) is 0.602. The third-order valence-corrected chi connectivity index (χ3v) is 2.35. The molecule has 0 aliphatic carbocycles. The summed E-state index contributed by atoms with van der Waals surface area (Å²) < 4.78 is 5.28. The van der Waals surface area contributed by atoms with Gasteiger partial charge in [0.15, 0.2) is 6.61 Å². The van der Waals surface area contributed by atoms with Gasteiger partial charge in [-0.2, -0.15) is 5.26 Å². The number of para-hydroxylation sites is 1. The van der Waals surface area contributed by atoms with Crippen molar-refractivity contribution >= 4 is 11.8 Å². The predicted molar refractivity (Wildman–Crippen MR) is 72.8 cm³/mol. The number of nitrogens with one attached hydrogen (secondary N) is 2. The molecule has 2 N–H and O–H groups in total. The highest BCUT2D eigenvalue weighted by Gasteiger charge is 2.02. The molecule has 0 aliphatic rings. The number of nitriles is 1. The van der Waals surface area contributed by atoms with Gasteiger partial charge in [0.05, 0.1) is 6.07 Å². The summed E-state index contributed by atoms with van der Waals surface area (Å²) in [6.45, 7) is 0.842. The summed E-state index contributed by atoms with van der Waals surface area (Å²) in [5.41, 5.74) is 0. The Bertz CT molecular complexity index is 468. The average molecular weight is 275 g/mol. The van der Waals surface area contributed by atoms with Crippen molar-refractivity contribution in [2.75, 3.05) is 19.7 Å². The average Bonchev–Trinajstić information content (AvgIpc) is 2.46. The largest absolute Gasteiger partial charge is 0.484 e. The minimum absolute atomic E-state index is 0.0369. The maximum atomic E-state index is 11.4. The molecule has 0 atom stereocenters. The molecule has 0 spiro atoms. The maximum Gasteiger partial charge on any atom is 0.257 e. The molecule has 6 heteroatoms. The van der Waals surface area contributed by atoms with Crippen molar-refractivity contribution in [3.05, 3.63) is 30.3 Å². The Morgan fingerprint density at radius 2 is 1.75 bits per heavy atom. The van der Waals surface area contributed by atoms with Gasteiger partial charge in [0.1, 0.15) is 12.2 Å². The van der Waals surface area contributed by atoms with Crippen LogP contribution in [-0.4, -0.2) is 31.5 Å². The number of amides is 2. The summed E-state index contributed by atoms with van der Waals surface area (Å²) in [7, 11) is 0. The van der Waals surface area contributed by atoms with Crippen molar-refractivity contribution in [2.24, 2.45) is 0 Å². The molecule has 0 saturated carbocycles. The molecule has 2 amide bonds. The fourth-order valence-electron chi connectivity index (χ4n) is 1.39. The smallest absolute Gasteiger partial charge is 0.257 e. The lowest BCUT2D eigenvalue weighted by Crippen LogP contribution is -2.32. The van der Waals surface area contributed by atoms with Gasteiger partial charge in [0, 0.05) is 13.1 Å². The summed E-state index contributed by atoms with van der Waals surface area (Å²) >= 11 is 0. The third-order valence-electron chi connectivity index (χ3n) is 2.35. The number of benzene rings is 1. The number of carbonyl (C=O) groups is 2. The molecule has 0 aliphatic heterocycles. The van der Waals surface area contributed by atoms with Crippen molar-refractivity contribution < 1.29 is 14.3 Å². The minimum atomic E-state index is -0.300. The molecular weight excluding hydrogens is 258 g/mol. The highest BCUT2D eigenvalue weighted by Crippen LogP contribution is 2.07. The molecule has 1 aromatic carbocycles. The van der Waals surface area contributed by atoms with Gasteiger partial charge in [0.2, 0.25) is 5.91 Å². The maximum absolute atomic E-state index is 11.4. The highest BCUT2D eigenvalue weighted by molar-refractivity contribution is 5.78. The molecular formula is C14H17N3O3. The van der Waals surface area contributed by atoms with Gasteiger partial charge < -0.3 is 15.4 Å².